The summed E-state index contributed by atoms with van der Waals surface area (Å²) in [6, 6.07) is 15.8. The summed E-state index contributed by atoms with van der Waals surface area (Å²) in [5.41, 5.74) is 2.93. The fourth-order valence-electron chi connectivity index (χ4n) is 2.72. The van der Waals surface area contributed by atoms with Crippen LogP contribution in [0.25, 0.3) is 11.3 Å². The van der Waals surface area contributed by atoms with Crippen LogP contribution in [0.4, 0.5) is 5.69 Å². The molecule has 0 unspecified atom stereocenters. The Balaban J connectivity index is 1.62. The molecule has 146 valence electrons. The highest BCUT2D eigenvalue weighted by Gasteiger charge is 2.08. The summed E-state index contributed by atoms with van der Waals surface area (Å²) < 4.78 is 10.9. The molecule has 0 atom stereocenters. The van der Waals surface area contributed by atoms with Gasteiger partial charge >= 0.3 is 0 Å². The number of methoxy groups -OCH3 is 1. The van der Waals surface area contributed by atoms with Gasteiger partial charge in [0.25, 0.3) is 0 Å². The summed E-state index contributed by atoms with van der Waals surface area (Å²) in [6.45, 7) is 3.04. The van der Waals surface area contributed by atoms with E-state index in [1.807, 2.05) is 61.7 Å². The molecule has 0 saturated carbocycles. The number of aliphatic imine (C=N–C) groups is 1. The first-order valence-corrected chi connectivity index (χ1v) is 9.11. The quantitative estimate of drug-likeness (QED) is 0.431. The number of hydrogen-bond acceptors (Lipinski definition) is 4. The standard InChI is InChI=1S/C21H25N5O2/c1-4-28-18-11-10-16(12-19(18)27-3)25-21(22-2)24-14-20-23-13-17(26-20)15-8-6-5-7-9-15/h5-13H,4,14H2,1-3H3,(H,23,26)(H2,22,24,25). The van der Waals surface area contributed by atoms with E-state index in [1.54, 1.807) is 14.2 Å². The number of hydrogen-bond donors (Lipinski definition) is 3. The number of H-pyrrole nitrogens is 1. The number of imidazole rings is 1. The van der Waals surface area contributed by atoms with Crippen LogP contribution in [0.5, 0.6) is 11.5 Å². The lowest BCUT2D eigenvalue weighted by atomic mass is 10.2. The van der Waals surface area contributed by atoms with E-state index < -0.39 is 0 Å². The molecule has 0 bridgehead atoms. The first kappa shape index (κ1) is 19.3. The number of guanidine groups is 1. The molecule has 0 aliphatic rings. The van der Waals surface area contributed by atoms with Crippen LogP contribution in [-0.2, 0) is 6.54 Å². The number of aromatic amines is 1. The number of benzene rings is 2. The molecular formula is C21H25N5O2. The minimum absolute atomic E-state index is 0.515. The Morgan fingerprint density at radius 1 is 1.14 bits per heavy atom. The van der Waals surface area contributed by atoms with Gasteiger partial charge in [-0.2, -0.15) is 0 Å². The Morgan fingerprint density at radius 3 is 2.68 bits per heavy atom. The summed E-state index contributed by atoms with van der Waals surface area (Å²) in [6.07, 6.45) is 1.83. The second-order valence-corrected chi connectivity index (χ2v) is 5.96. The monoisotopic (exact) mass is 379 g/mol. The predicted molar refractivity (Wildman–Crippen MR) is 112 cm³/mol. The lowest BCUT2D eigenvalue weighted by molar-refractivity contribution is 0.311. The molecule has 7 heteroatoms. The SMILES string of the molecule is CCOc1ccc(NC(=NC)NCc2ncc(-c3ccccc3)[nH]2)cc1OC. The van der Waals surface area contributed by atoms with Crippen molar-refractivity contribution in [3.05, 3.63) is 60.6 Å². The minimum Gasteiger partial charge on any atom is -0.493 e. The van der Waals surface area contributed by atoms with Crippen molar-refractivity contribution >= 4 is 11.6 Å². The fourth-order valence-corrected chi connectivity index (χ4v) is 2.72. The van der Waals surface area contributed by atoms with E-state index in [-0.39, 0.29) is 0 Å². The van der Waals surface area contributed by atoms with Crippen LogP contribution in [0.1, 0.15) is 12.7 Å². The van der Waals surface area contributed by atoms with Gasteiger partial charge in [-0.3, -0.25) is 4.99 Å². The average Bonchev–Trinajstić information content (AvgIpc) is 3.22. The number of nitrogens with one attached hydrogen (secondary N) is 3. The lowest BCUT2D eigenvalue weighted by Crippen LogP contribution is -2.30. The third-order valence-electron chi connectivity index (χ3n) is 4.09. The number of anilines is 1. The molecule has 0 aliphatic heterocycles. The van der Waals surface area contributed by atoms with E-state index in [9.17, 15) is 0 Å². The van der Waals surface area contributed by atoms with E-state index in [0.717, 1.165) is 22.8 Å². The van der Waals surface area contributed by atoms with Crippen molar-refractivity contribution in [2.24, 2.45) is 4.99 Å². The molecule has 1 heterocycles. The second-order valence-electron chi connectivity index (χ2n) is 5.96. The summed E-state index contributed by atoms with van der Waals surface area (Å²) in [5, 5.41) is 6.49. The van der Waals surface area contributed by atoms with Gasteiger partial charge in [0.15, 0.2) is 17.5 Å². The largest absolute Gasteiger partial charge is 0.493 e. The molecule has 0 amide bonds. The summed E-state index contributed by atoms with van der Waals surface area (Å²) in [5.74, 6) is 2.83. The molecule has 0 radical (unpaired) electrons. The number of ether oxygens (including phenoxy) is 2. The normalized spacial score (nSPS) is 11.2. The van der Waals surface area contributed by atoms with Crippen LogP contribution < -0.4 is 20.1 Å². The van der Waals surface area contributed by atoms with Crippen molar-refractivity contribution in [2.45, 2.75) is 13.5 Å². The molecule has 1 aromatic heterocycles. The first-order chi connectivity index (χ1) is 13.7. The van der Waals surface area contributed by atoms with E-state index in [1.165, 1.54) is 0 Å². The Hall–Kier alpha value is -3.48. The molecule has 0 saturated heterocycles. The maximum atomic E-state index is 5.55. The molecule has 0 fully saturated rings. The number of nitrogens with zero attached hydrogens (tertiary/aromatic N) is 2. The second kappa shape index (κ2) is 9.45. The van der Waals surface area contributed by atoms with Gasteiger partial charge in [-0.25, -0.2) is 4.98 Å². The summed E-state index contributed by atoms with van der Waals surface area (Å²) >= 11 is 0. The van der Waals surface area contributed by atoms with Crippen LogP contribution >= 0.6 is 0 Å². The van der Waals surface area contributed by atoms with E-state index in [4.69, 9.17) is 9.47 Å². The van der Waals surface area contributed by atoms with Gasteiger partial charge in [0.2, 0.25) is 0 Å². The van der Waals surface area contributed by atoms with Gasteiger partial charge in [-0.15, -0.1) is 0 Å². The number of rotatable bonds is 7. The van der Waals surface area contributed by atoms with Crippen molar-refractivity contribution in [1.82, 2.24) is 15.3 Å². The maximum Gasteiger partial charge on any atom is 0.195 e. The van der Waals surface area contributed by atoms with Crippen LogP contribution in [0, 0.1) is 0 Å². The molecule has 2 aromatic carbocycles. The zero-order valence-corrected chi connectivity index (χ0v) is 16.3. The van der Waals surface area contributed by atoms with Crippen LogP contribution in [-0.4, -0.2) is 36.7 Å². The highest BCUT2D eigenvalue weighted by atomic mass is 16.5. The van der Waals surface area contributed by atoms with E-state index >= 15 is 0 Å². The lowest BCUT2D eigenvalue weighted by Gasteiger charge is -2.14. The molecular weight excluding hydrogens is 354 g/mol. The zero-order valence-electron chi connectivity index (χ0n) is 16.3. The van der Waals surface area contributed by atoms with Gasteiger partial charge in [-0.1, -0.05) is 30.3 Å². The highest BCUT2D eigenvalue weighted by Crippen LogP contribution is 2.30. The zero-order chi connectivity index (χ0) is 19.8. The molecule has 28 heavy (non-hydrogen) atoms. The highest BCUT2D eigenvalue weighted by molar-refractivity contribution is 5.93. The van der Waals surface area contributed by atoms with E-state index in [2.05, 4.69) is 25.6 Å². The van der Waals surface area contributed by atoms with Crippen LogP contribution in [0.3, 0.4) is 0 Å². The van der Waals surface area contributed by atoms with Crippen molar-refractivity contribution in [2.75, 3.05) is 26.1 Å². The van der Waals surface area contributed by atoms with Gasteiger partial charge in [0.1, 0.15) is 5.82 Å². The minimum atomic E-state index is 0.515. The van der Waals surface area contributed by atoms with Crippen molar-refractivity contribution < 1.29 is 9.47 Å². The van der Waals surface area contributed by atoms with Crippen molar-refractivity contribution in [3.8, 4) is 22.8 Å². The Kier molecular flexibility index (Phi) is 6.51. The molecule has 3 N–H and O–H groups in total. The maximum absolute atomic E-state index is 5.55. The molecule has 0 aliphatic carbocycles. The smallest absolute Gasteiger partial charge is 0.195 e. The molecule has 0 spiro atoms. The van der Waals surface area contributed by atoms with Gasteiger partial charge in [-0.05, 0) is 24.6 Å². The van der Waals surface area contributed by atoms with Gasteiger partial charge < -0.3 is 25.1 Å². The average molecular weight is 379 g/mol. The fraction of sp³-hybridized carbons (Fsp3) is 0.238. The number of aromatic nitrogens is 2. The summed E-state index contributed by atoms with van der Waals surface area (Å²) in [4.78, 5) is 12.0. The Morgan fingerprint density at radius 2 is 1.96 bits per heavy atom. The van der Waals surface area contributed by atoms with E-state index in [0.29, 0.717) is 30.6 Å². The molecule has 7 nitrogen and oxygen atoms in total. The summed E-state index contributed by atoms with van der Waals surface area (Å²) in [7, 11) is 3.34. The topological polar surface area (TPSA) is 83.6 Å². The van der Waals surface area contributed by atoms with Gasteiger partial charge in [0, 0.05) is 18.8 Å². The van der Waals surface area contributed by atoms with Crippen molar-refractivity contribution in [1.29, 1.82) is 0 Å². The Labute approximate surface area is 164 Å². The van der Waals surface area contributed by atoms with Crippen molar-refractivity contribution in [3.63, 3.8) is 0 Å². The first-order valence-electron chi connectivity index (χ1n) is 9.11. The Bertz CT molecular complexity index is 922. The van der Waals surface area contributed by atoms with Crippen LogP contribution in [0.2, 0.25) is 0 Å². The molecule has 3 aromatic rings. The third-order valence-corrected chi connectivity index (χ3v) is 4.09. The predicted octanol–water partition coefficient (Wildman–Crippen LogP) is 3.67. The molecule has 3 rings (SSSR count). The third kappa shape index (κ3) is 4.82. The van der Waals surface area contributed by atoms with Crippen LogP contribution in [0.15, 0.2) is 59.7 Å². The van der Waals surface area contributed by atoms with Gasteiger partial charge in [0.05, 0.1) is 32.2 Å².